The first kappa shape index (κ1) is 23.6. The summed E-state index contributed by atoms with van der Waals surface area (Å²) in [7, 11) is -3.85. The summed E-state index contributed by atoms with van der Waals surface area (Å²) in [5.74, 6) is 0. The van der Waals surface area contributed by atoms with E-state index in [1.807, 2.05) is 0 Å². The minimum Gasteiger partial charge on any atom is -0.272 e. The first-order chi connectivity index (χ1) is 14.7. The van der Waals surface area contributed by atoms with E-state index in [2.05, 4.69) is 10.5 Å². The third-order valence-corrected chi connectivity index (χ3v) is 6.31. The van der Waals surface area contributed by atoms with Crippen LogP contribution in [0, 0.1) is 20.2 Å². The lowest BCUT2D eigenvalue weighted by molar-refractivity contribution is -0.385. The molecule has 0 saturated carbocycles. The second-order valence-corrected chi connectivity index (χ2v) is 8.03. The fourth-order valence-electron chi connectivity index (χ4n) is 2.72. The van der Waals surface area contributed by atoms with Gasteiger partial charge in [0, 0.05) is 31.4 Å². The number of nitro groups is 2. The number of nitro benzene ring substituents is 2. The second kappa shape index (κ2) is 10.4. The fourth-order valence-corrected chi connectivity index (χ4v) is 4.20. The molecule has 2 aromatic rings. The van der Waals surface area contributed by atoms with Gasteiger partial charge in [-0.3, -0.25) is 25.7 Å². The van der Waals surface area contributed by atoms with Gasteiger partial charge in [0.25, 0.3) is 11.4 Å². The van der Waals surface area contributed by atoms with Crippen molar-refractivity contribution < 1.29 is 18.3 Å². The van der Waals surface area contributed by atoms with E-state index in [1.165, 1.54) is 40.9 Å². The highest BCUT2D eigenvalue weighted by Gasteiger charge is 2.25. The van der Waals surface area contributed by atoms with E-state index in [0.29, 0.717) is 5.56 Å². The van der Waals surface area contributed by atoms with Gasteiger partial charge in [-0.15, -0.1) is 0 Å². The number of rotatable bonds is 10. The molecule has 31 heavy (non-hydrogen) atoms. The van der Waals surface area contributed by atoms with Crippen LogP contribution in [0.1, 0.15) is 19.4 Å². The number of hydrogen-bond donors (Lipinski definition) is 1. The summed E-state index contributed by atoms with van der Waals surface area (Å²) >= 11 is 0. The summed E-state index contributed by atoms with van der Waals surface area (Å²) in [6.07, 6.45) is 4.17. The van der Waals surface area contributed by atoms with Gasteiger partial charge in [-0.25, -0.2) is 8.42 Å². The van der Waals surface area contributed by atoms with Crippen molar-refractivity contribution in [2.45, 2.75) is 18.7 Å². The van der Waals surface area contributed by atoms with Gasteiger partial charge in [0.05, 0.1) is 20.3 Å². The summed E-state index contributed by atoms with van der Waals surface area (Å²) in [5, 5.41) is 26.2. The van der Waals surface area contributed by atoms with Gasteiger partial charge in [-0.1, -0.05) is 26.0 Å². The van der Waals surface area contributed by atoms with E-state index < -0.39 is 25.6 Å². The molecule has 0 amide bonds. The Balaban J connectivity index is 2.22. The molecule has 0 atom stereocenters. The minimum atomic E-state index is -3.85. The first-order valence-corrected chi connectivity index (χ1v) is 10.6. The molecular formula is C19H21N5O6S. The maximum atomic E-state index is 12.6. The van der Waals surface area contributed by atoms with Gasteiger partial charge < -0.3 is 0 Å². The van der Waals surface area contributed by atoms with Crippen molar-refractivity contribution in [1.29, 1.82) is 0 Å². The predicted octanol–water partition coefficient (Wildman–Crippen LogP) is 3.64. The van der Waals surface area contributed by atoms with Crippen molar-refractivity contribution >= 4 is 39.4 Å². The fraction of sp³-hybridized carbons (Fsp3) is 0.211. The van der Waals surface area contributed by atoms with E-state index in [-0.39, 0.29) is 29.4 Å². The van der Waals surface area contributed by atoms with Crippen molar-refractivity contribution in [3.63, 3.8) is 0 Å². The van der Waals surface area contributed by atoms with Crippen LogP contribution in [0.2, 0.25) is 0 Å². The van der Waals surface area contributed by atoms with Crippen LogP contribution in [0.3, 0.4) is 0 Å². The summed E-state index contributed by atoms with van der Waals surface area (Å²) < 4.78 is 26.4. The van der Waals surface area contributed by atoms with Gasteiger partial charge in [0.15, 0.2) is 0 Å². The number of allylic oxidation sites excluding steroid dienone is 1. The Morgan fingerprint density at radius 1 is 1.03 bits per heavy atom. The average molecular weight is 447 g/mol. The maximum absolute atomic E-state index is 12.6. The van der Waals surface area contributed by atoms with Crippen LogP contribution in [0.4, 0.5) is 17.1 Å². The lowest BCUT2D eigenvalue weighted by Crippen LogP contribution is -2.30. The normalized spacial score (nSPS) is 12.0. The molecule has 2 aromatic carbocycles. The molecular weight excluding hydrogens is 426 g/mol. The molecule has 1 N–H and O–H groups in total. The van der Waals surface area contributed by atoms with E-state index >= 15 is 0 Å². The lowest BCUT2D eigenvalue weighted by Gasteiger charge is -2.18. The van der Waals surface area contributed by atoms with E-state index in [0.717, 1.165) is 6.07 Å². The molecule has 0 aromatic heterocycles. The zero-order valence-electron chi connectivity index (χ0n) is 16.8. The smallest absolute Gasteiger partial charge is 0.272 e. The highest BCUT2D eigenvalue weighted by molar-refractivity contribution is 7.89. The summed E-state index contributed by atoms with van der Waals surface area (Å²) in [5.41, 5.74) is 2.34. The number of nitrogens with one attached hydrogen (secondary N) is 1. The van der Waals surface area contributed by atoms with Crippen molar-refractivity contribution in [2.75, 3.05) is 18.5 Å². The molecule has 0 aliphatic rings. The summed E-state index contributed by atoms with van der Waals surface area (Å²) in [6, 6.07) is 9.64. The zero-order valence-corrected chi connectivity index (χ0v) is 17.7. The van der Waals surface area contributed by atoms with Crippen LogP contribution < -0.4 is 5.43 Å². The van der Waals surface area contributed by atoms with Crippen molar-refractivity contribution in [2.24, 2.45) is 5.10 Å². The molecule has 0 aliphatic heterocycles. The van der Waals surface area contributed by atoms with Gasteiger partial charge in [0.2, 0.25) is 10.0 Å². The summed E-state index contributed by atoms with van der Waals surface area (Å²) in [6.45, 7) is 3.83. The Hall–Kier alpha value is -3.64. The first-order valence-electron chi connectivity index (χ1n) is 9.20. The Kier molecular flexibility index (Phi) is 7.94. The number of para-hydroxylation sites is 1. The predicted molar refractivity (Wildman–Crippen MR) is 117 cm³/mol. The van der Waals surface area contributed by atoms with Crippen LogP contribution in [-0.2, 0) is 10.0 Å². The van der Waals surface area contributed by atoms with Crippen LogP contribution in [0.15, 0.2) is 58.5 Å². The zero-order chi connectivity index (χ0) is 23.0. The third kappa shape index (κ3) is 5.71. The van der Waals surface area contributed by atoms with Crippen LogP contribution in [0.25, 0.3) is 6.08 Å². The molecule has 0 saturated heterocycles. The number of benzene rings is 2. The number of anilines is 1. The Morgan fingerprint density at radius 2 is 1.68 bits per heavy atom. The molecule has 0 spiro atoms. The van der Waals surface area contributed by atoms with E-state index in [1.54, 1.807) is 32.0 Å². The van der Waals surface area contributed by atoms with Crippen molar-refractivity contribution in [3.05, 3.63) is 74.3 Å². The highest BCUT2D eigenvalue weighted by atomic mass is 32.2. The Labute approximate surface area is 179 Å². The molecule has 0 aliphatic carbocycles. The Bertz CT molecular complexity index is 1130. The van der Waals surface area contributed by atoms with Gasteiger partial charge in [0.1, 0.15) is 5.69 Å². The van der Waals surface area contributed by atoms with Crippen molar-refractivity contribution in [3.8, 4) is 0 Å². The van der Waals surface area contributed by atoms with Gasteiger partial charge >= 0.3 is 0 Å². The second-order valence-electron chi connectivity index (χ2n) is 6.09. The molecule has 0 fully saturated rings. The molecule has 0 unspecified atom stereocenters. The lowest BCUT2D eigenvalue weighted by atomic mass is 10.2. The molecule has 12 heteroatoms. The Morgan fingerprint density at radius 3 is 2.29 bits per heavy atom. The largest absolute Gasteiger partial charge is 0.295 e. The maximum Gasteiger partial charge on any atom is 0.295 e. The molecule has 0 radical (unpaired) electrons. The van der Waals surface area contributed by atoms with Gasteiger partial charge in [-0.05, 0) is 30.4 Å². The number of sulfonamides is 1. The SMILES string of the molecule is CCN(CC)S(=O)(=O)c1ccc(NN=CC=Cc2ccccc2[N+](=O)[O-])c([N+](=O)[O-])c1. The molecule has 164 valence electrons. The highest BCUT2D eigenvalue weighted by Crippen LogP contribution is 2.29. The van der Waals surface area contributed by atoms with Crippen LogP contribution >= 0.6 is 0 Å². The third-order valence-electron chi connectivity index (χ3n) is 4.26. The quantitative estimate of drug-likeness (QED) is 0.332. The van der Waals surface area contributed by atoms with Crippen LogP contribution in [-0.4, -0.2) is 41.9 Å². The van der Waals surface area contributed by atoms with Crippen LogP contribution in [0.5, 0.6) is 0 Å². The molecule has 2 rings (SSSR count). The summed E-state index contributed by atoms with van der Waals surface area (Å²) in [4.78, 5) is 21.0. The monoisotopic (exact) mass is 447 g/mol. The van der Waals surface area contributed by atoms with Crippen molar-refractivity contribution in [1.82, 2.24) is 4.31 Å². The molecule has 11 nitrogen and oxygen atoms in total. The standard InChI is InChI=1S/C19H21N5O6S/c1-3-22(4-2)31(29,30)16-11-12-17(19(14-16)24(27)28)21-20-13-7-9-15-8-5-6-10-18(15)23(25)26/h5-14,21H,3-4H2,1-2H3. The number of nitrogens with zero attached hydrogens (tertiary/aromatic N) is 4. The van der Waals surface area contributed by atoms with Gasteiger partial charge in [-0.2, -0.15) is 9.41 Å². The minimum absolute atomic E-state index is 0.00108. The number of hydrogen-bond acceptors (Lipinski definition) is 8. The topological polar surface area (TPSA) is 148 Å². The van der Waals surface area contributed by atoms with E-state index in [9.17, 15) is 28.6 Å². The molecule has 0 heterocycles. The average Bonchev–Trinajstić information content (AvgIpc) is 2.74. The number of hydrazone groups is 1. The molecule has 0 bridgehead atoms. The van der Waals surface area contributed by atoms with E-state index in [4.69, 9.17) is 0 Å².